The second kappa shape index (κ2) is 7.86. The molecular weight excluding hydrogens is 384 g/mol. The highest BCUT2D eigenvalue weighted by molar-refractivity contribution is 5.85. The lowest BCUT2D eigenvalue weighted by molar-refractivity contribution is -0.204. The summed E-state index contributed by atoms with van der Waals surface area (Å²) in [6.07, 6.45) is 4.25. The molecule has 4 rings (SSSR count). The van der Waals surface area contributed by atoms with E-state index < -0.39 is 17.6 Å². The van der Waals surface area contributed by atoms with Crippen molar-refractivity contribution in [3.8, 4) is 0 Å². The van der Waals surface area contributed by atoms with Gasteiger partial charge in [0.25, 0.3) is 0 Å². The Morgan fingerprint density at radius 1 is 0.967 bits per heavy atom. The summed E-state index contributed by atoms with van der Waals surface area (Å²) in [5.41, 5.74) is -0.523. The number of ether oxygens (including phenoxy) is 1. The summed E-state index contributed by atoms with van der Waals surface area (Å²) in [7, 11) is 1.33. The van der Waals surface area contributed by atoms with Gasteiger partial charge in [0.1, 0.15) is 5.78 Å². The van der Waals surface area contributed by atoms with Crippen molar-refractivity contribution in [2.24, 2.45) is 40.4 Å². The van der Waals surface area contributed by atoms with Gasteiger partial charge >= 0.3 is 5.97 Å². The molecule has 0 aliphatic heterocycles. The molecule has 4 aliphatic rings. The van der Waals surface area contributed by atoms with Gasteiger partial charge < -0.3 is 20.1 Å². The maximum atomic E-state index is 13.0. The summed E-state index contributed by atoms with van der Waals surface area (Å²) in [4.78, 5) is 24.5. The Morgan fingerprint density at radius 3 is 2.40 bits per heavy atom. The van der Waals surface area contributed by atoms with Crippen molar-refractivity contribution in [2.75, 3.05) is 7.11 Å². The van der Waals surface area contributed by atoms with Gasteiger partial charge in [-0.15, -0.1) is 0 Å². The first-order valence-electron chi connectivity index (χ1n) is 11.8. The molecule has 10 atom stereocenters. The average molecular weight is 423 g/mol. The molecule has 0 aromatic rings. The number of carbonyl (C=O) groups excluding carboxylic acids is 2. The van der Waals surface area contributed by atoms with Crippen LogP contribution in [0, 0.1) is 40.4 Å². The van der Waals surface area contributed by atoms with Crippen LogP contribution in [0.2, 0.25) is 0 Å². The Balaban J connectivity index is 1.59. The maximum Gasteiger partial charge on any atom is 0.305 e. The molecule has 0 spiro atoms. The van der Waals surface area contributed by atoms with Crippen molar-refractivity contribution in [2.45, 2.75) is 89.9 Å². The summed E-state index contributed by atoms with van der Waals surface area (Å²) in [5.74, 6) is 0.0931. The van der Waals surface area contributed by atoms with Gasteiger partial charge in [0.15, 0.2) is 0 Å². The smallest absolute Gasteiger partial charge is 0.305 e. The number of aliphatic hydroxyl groups excluding tert-OH is 3. The molecule has 3 N–H and O–H groups in total. The van der Waals surface area contributed by atoms with Crippen LogP contribution in [0.5, 0.6) is 0 Å². The molecule has 0 aromatic heterocycles. The van der Waals surface area contributed by atoms with E-state index in [0.29, 0.717) is 19.3 Å². The largest absolute Gasteiger partial charge is 0.469 e. The fourth-order valence-electron chi connectivity index (χ4n) is 8.20. The molecule has 30 heavy (non-hydrogen) atoms. The zero-order valence-electron chi connectivity index (χ0n) is 18.5. The van der Waals surface area contributed by atoms with Crippen LogP contribution in [0.25, 0.3) is 0 Å². The Bertz CT molecular complexity index is 693. The number of aliphatic hydroxyl groups is 3. The van der Waals surface area contributed by atoms with Crippen molar-refractivity contribution in [1.29, 1.82) is 0 Å². The minimum absolute atomic E-state index is 0.0262. The zero-order valence-corrected chi connectivity index (χ0v) is 18.5. The third kappa shape index (κ3) is 3.25. The van der Waals surface area contributed by atoms with Crippen LogP contribution in [-0.4, -0.2) is 52.5 Å². The monoisotopic (exact) mass is 422 g/mol. The molecule has 6 nitrogen and oxygen atoms in total. The van der Waals surface area contributed by atoms with Gasteiger partial charge in [-0.05, 0) is 74.0 Å². The van der Waals surface area contributed by atoms with E-state index in [1.165, 1.54) is 7.11 Å². The average Bonchev–Trinajstić information content (AvgIpc) is 3.06. The number of ketones is 1. The first-order valence-corrected chi connectivity index (χ1v) is 11.8. The Morgan fingerprint density at radius 2 is 1.70 bits per heavy atom. The van der Waals surface area contributed by atoms with Gasteiger partial charge in [-0.2, -0.15) is 0 Å². The SMILES string of the molecule is COC(=O)CCC(=O)C1CCC2C3C(O)CC4CC(O)CCC4(C)C3CC(O)C12C. The molecule has 4 aliphatic carbocycles. The lowest BCUT2D eigenvalue weighted by Gasteiger charge is -2.63. The molecule has 4 fully saturated rings. The van der Waals surface area contributed by atoms with Crippen LogP contribution in [0.1, 0.15) is 71.6 Å². The molecule has 0 saturated heterocycles. The third-order valence-electron chi connectivity index (χ3n) is 9.96. The number of fused-ring (bicyclic) bond motifs is 5. The van der Waals surface area contributed by atoms with E-state index >= 15 is 0 Å². The molecule has 0 bridgehead atoms. The summed E-state index contributed by atoms with van der Waals surface area (Å²) in [5, 5.41) is 32.8. The Labute approximate surface area is 179 Å². The lowest BCUT2D eigenvalue weighted by atomic mass is 9.43. The highest BCUT2D eigenvalue weighted by Crippen LogP contribution is 2.67. The first-order chi connectivity index (χ1) is 14.1. The van der Waals surface area contributed by atoms with E-state index in [2.05, 4.69) is 11.7 Å². The standard InChI is InChI=1S/C24H38O6/c1-23-9-8-14(25)10-13(23)11-19(27)22-16-5-4-15(18(26)6-7-21(29)30-3)24(16,2)20(28)12-17(22)23/h13-17,19-20,22,25,27-28H,4-12H2,1-3H3. The normalized spacial score (nSPS) is 50.2. The van der Waals surface area contributed by atoms with Crippen molar-refractivity contribution < 1.29 is 29.6 Å². The quantitative estimate of drug-likeness (QED) is 0.601. The highest BCUT2D eigenvalue weighted by atomic mass is 16.5. The van der Waals surface area contributed by atoms with Gasteiger partial charge in [-0.25, -0.2) is 0 Å². The van der Waals surface area contributed by atoms with Crippen LogP contribution in [0.4, 0.5) is 0 Å². The number of hydrogen-bond acceptors (Lipinski definition) is 6. The number of methoxy groups -OCH3 is 1. The molecule has 170 valence electrons. The summed E-state index contributed by atoms with van der Waals surface area (Å²) in [6.45, 7) is 4.34. The van der Waals surface area contributed by atoms with Gasteiger partial charge in [0.2, 0.25) is 0 Å². The molecule has 0 heterocycles. The fraction of sp³-hybridized carbons (Fsp3) is 0.917. The van der Waals surface area contributed by atoms with Crippen molar-refractivity contribution in [3.63, 3.8) is 0 Å². The minimum Gasteiger partial charge on any atom is -0.469 e. The molecule has 6 heteroatoms. The van der Waals surface area contributed by atoms with Crippen LogP contribution in [-0.2, 0) is 14.3 Å². The predicted octanol–water partition coefficient (Wildman–Crippen LogP) is 2.47. The van der Waals surface area contributed by atoms with Crippen LogP contribution < -0.4 is 0 Å². The van der Waals surface area contributed by atoms with E-state index in [4.69, 9.17) is 0 Å². The number of Topliss-reactive ketones (excluding diaryl/α,β-unsaturated/α-hetero) is 1. The molecule has 4 saturated carbocycles. The zero-order chi connectivity index (χ0) is 21.8. The Kier molecular flexibility index (Phi) is 5.82. The van der Waals surface area contributed by atoms with Crippen molar-refractivity contribution in [1.82, 2.24) is 0 Å². The number of carbonyl (C=O) groups is 2. The molecule has 0 aromatic carbocycles. The van der Waals surface area contributed by atoms with E-state index in [0.717, 1.165) is 25.7 Å². The summed E-state index contributed by atoms with van der Waals surface area (Å²) in [6, 6.07) is 0. The van der Waals surface area contributed by atoms with Crippen molar-refractivity contribution in [3.05, 3.63) is 0 Å². The third-order valence-corrected chi connectivity index (χ3v) is 9.96. The van der Waals surface area contributed by atoms with Crippen LogP contribution in [0.15, 0.2) is 0 Å². The van der Waals surface area contributed by atoms with E-state index in [-0.39, 0.29) is 65.7 Å². The molecular formula is C24H38O6. The van der Waals surface area contributed by atoms with Gasteiger partial charge in [0, 0.05) is 17.8 Å². The summed E-state index contributed by atoms with van der Waals surface area (Å²) >= 11 is 0. The molecule has 0 radical (unpaired) electrons. The molecule has 0 amide bonds. The Hall–Kier alpha value is -0.980. The second-order valence-corrected chi connectivity index (χ2v) is 11.0. The van der Waals surface area contributed by atoms with Gasteiger partial charge in [-0.3, -0.25) is 9.59 Å². The first kappa shape index (κ1) is 22.2. The molecule has 10 unspecified atom stereocenters. The predicted molar refractivity (Wildman–Crippen MR) is 110 cm³/mol. The van der Waals surface area contributed by atoms with E-state index in [9.17, 15) is 24.9 Å². The number of rotatable bonds is 4. The maximum absolute atomic E-state index is 13.0. The topological polar surface area (TPSA) is 104 Å². The van der Waals surface area contributed by atoms with Gasteiger partial charge in [0.05, 0.1) is 31.8 Å². The van der Waals surface area contributed by atoms with Gasteiger partial charge in [-0.1, -0.05) is 13.8 Å². The lowest BCUT2D eigenvalue weighted by Crippen LogP contribution is -2.62. The second-order valence-electron chi connectivity index (χ2n) is 11.0. The number of hydrogen-bond donors (Lipinski definition) is 3. The fourth-order valence-corrected chi connectivity index (χ4v) is 8.20. The van der Waals surface area contributed by atoms with Crippen LogP contribution in [0.3, 0.4) is 0 Å². The van der Waals surface area contributed by atoms with Crippen molar-refractivity contribution >= 4 is 11.8 Å². The van der Waals surface area contributed by atoms with E-state index in [1.807, 2.05) is 6.92 Å². The number of esters is 1. The van der Waals surface area contributed by atoms with Crippen LogP contribution >= 0.6 is 0 Å². The van der Waals surface area contributed by atoms with E-state index in [1.54, 1.807) is 0 Å². The summed E-state index contributed by atoms with van der Waals surface area (Å²) < 4.78 is 4.68. The minimum atomic E-state index is -0.590. The highest BCUT2D eigenvalue weighted by Gasteiger charge is 2.66.